The standard InChI is InChI=1S/C24H31N4O6P/c1-6-9-26-21(29)17-13-19-20(14-18(17)22(26)30)24(32)27(23(19)31)10-12-34-35(33-11-7-8-25)28(15(2)3)16(4)5/h13-16H,6-7,9-12H2,1-5H3. The van der Waals surface area contributed by atoms with Crippen molar-refractivity contribution >= 4 is 30.1 Å². The Balaban J connectivity index is 1.90. The van der Waals surface area contributed by atoms with Crippen LogP contribution in [-0.2, 0) is 22.1 Å². The molecule has 10 nitrogen and oxygen atoms in total. The lowest BCUT2D eigenvalue weighted by Crippen LogP contribution is -2.34. The summed E-state index contributed by atoms with van der Waals surface area (Å²) in [6.07, 6.45) is 0.840. The SMILES string of the molecule is CCCn1c(=O)c2cc3c(=O)n(CCOP(OCCC#N)N(C(C)C)C(C)C)c(=O)c3cc2c1=O. The Morgan fingerprint density at radius 1 is 0.829 bits per heavy atom. The summed E-state index contributed by atoms with van der Waals surface area (Å²) in [6.45, 7) is 10.4. The maximum atomic E-state index is 13.0. The van der Waals surface area contributed by atoms with E-state index in [0.717, 1.165) is 9.13 Å². The maximum Gasteiger partial charge on any atom is 0.261 e. The van der Waals surface area contributed by atoms with Crippen LogP contribution in [0.1, 0.15) is 47.5 Å². The second-order valence-corrected chi connectivity index (χ2v) is 10.3. The first-order chi connectivity index (χ1) is 16.6. The van der Waals surface area contributed by atoms with E-state index in [9.17, 15) is 19.2 Å². The lowest BCUT2D eigenvalue weighted by atomic mass is 10.1. The predicted molar refractivity (Wildman–Crippen MR) is 136 cm³/mol. The summed E-state index contributed by atoms with van der Waals surface area (Å²) in [7, 11) is -1.51. The molecule has 0 aliphatic carbocycles. The molecule has 3 aromatic rings. The molecule has 0 saturated carbocycles. The van der Waals surface area contributed by atoms with Crippen LogP contribution in [0.25, 0.3) is 21.5 Å². The highest BCUT2D eigenvalue weighted by molar-refractivity contribution is 7.44. The summed E-state index contributed by atoms with van der Waals surface area (Å²) >= 11 is 0. The number of hydrogen-bond donors (Lipinski definition) is 0. The maximum absolute atomic E-state index is 13.0. The van der Waals surface area contributed by atoms with Gasteiger partial charge in [0, 0.05) is 18.6 Å². The third-order valence-electron chi connectivity index (χ3n) is 5.69. The second-order valence-electron chi connectivity index (χ2n) is 8.85. The zero-order valence-corrected chi connectivity index (χ0v) is 21.6. The molecule has 1 unspecified atom stereocenters. The molecule has 0 N–H and O–H groups in total. The van der Waals surface area contributed by atoms with Gasteiger partial charge in [-0.1, -0.05) is 6.92 Å². The number of hydrogen-bond acceptors (Lipinski definition) is 8. The summed E-state index contributed by atoms with van der Waals surface area (Å²) in [4.78, 5) is 51.3. The van der Waals surface area contributed by atoms with E-state index in [0.29, 0.717) is 6.42 Å². The summed E-state index contributed by atoms with van der Waals surface area (Å²) in [5.41, 5.74) is -1.94. The minimum absolute atomic E-state index is 0.00859. The molecule has 0 fully saturated rings. The number of aromatic nitrogens is 2. The van der Waals surface area contributed by atoms with Crippen LogP contribution < -0.4 is 22.2 Å². The zero-order valence-electron chi connectivity index (χ0n) is 20.7. The minimum Gasteiger partial charge on any atom is -0.321 e. The van der Waals surface area contributed by atoms with Crippen molar-refractivity contribution in [2.24, 2.45) is 0 Å². The van der Waals surface area contributed by atoms with Crippen molar-refractivity contribution in [3.8, 4) is 6.07 Å². The van der Waals surface area contributed by atoms with Crippen LogP contribution in [0, 0.1) is 11.3 Å². The molecular weight excluding hydrogens is 471 g/mol. The van der Waals surface area contributed by atoms with Crippen LogP contribution in [0.3, 0.4) is 0 Å². The molecule has 0 amide bonds. The summed E-state index contributed by atoms with van der Waals surface area (Å²) in [6, 6.07) is 5.00. The Bertz CT molecular complexity index is 1350. The van der Waals surface area contributed by atoms with Gasteiger partial charge in [0.25, 0.3) is 30.8 Å². The van der Waals surface area contributed by atoms with E-state index >= 15 is 0 Å². The smallest absolute Gasteiger partial charge is 0.261 e. The van der Waals surface area contributed by atoms with Crippen molar-refractivity contribution in [1.82, 2.24) is 13.8 Å². The fourth-order valence-electron chi connectivity index (χ4n) is 4.23. The third-order valence-corrected chi connectivity index (χ3v) is 7.79. The number of benzene rings is 1. The van der Waals surface area contributed by atoms with Crippen LogP contribution >= 0.6 is 8.53 Å². The number of nitrogens with zero attached hydrogens (tertiary/aromatic N) is 4. The van der Waals surface area contributed by atoms with Gasteiger partial charge in [-0.3, -0.25) is 28.3 Å². The molecule has 2 heterocycles. The largest absolute Gasteiger partial charge is 0.321 e. The average molecular weight is 503 g/mol. The van der Waals surface area contributed by atoms with Crippen LogP contribution in [0.15, 0.2) is 31.3 Å². The third kappa shape index (κ3) is 5.29. The van der Waals surface area contributed by atoms with Crippen LogP contribution in [0.4, 0.5) is 0 Å². The minimum atomic E-state index is -1.51. The van der Waals surface area contributed by atoms with Gasteiger partial charge in [0.2, 0.25) is 0 Å². The van der Waals surface area contributed by atoms with Gasteiger partial charge in [0.05, 0.1) is 53.8 Å². The monoisotopic (exact) mass is 502 g/mol. The van der Waals surface area contributed by atoms with Gasteiger partial charge in [0.15, 0.2) is 0 Å². The van der Waals surface area contributed by atoms with Gasteiger partial charge in [-0.05, 0) is 46.2 Å². The Kier molecular flexibility index (Phi) is 8.73. The fourth-order valence-corrected chi connectivity index (χ4v) is 5.81. The quantitative estimate of drug-likeness (QED) is 0.274. The average Bonchev–Trinajstić information content (AvgIpc) is 3.17. The molecule has 2 aromatic heterocycles. The van der Waals surface area contributed by atoms with Crippen molar-refractivity contribution in [1.29, 1.82) is 5.26 Å². The van der Waals surface area contributed by atoms with Gasteiger partial charge in [-0.2, -0.15) is 5.26 Å². The van der Waals surface area contributed by atoms with Gasteiger partial charge in [-0.25, -0.2) is 4.67 Å². The molecule has 35 heavy (non-hydrogen) atoms. The van der Waals surface area contributed by atoms with Gasteiger partial charge >= 0.3 is 0 Å². The van der Waals surface area contributed by atoms with E-state index in [1.807, 2.05) is 40.7 Å². The van der Waals surface area contributed by atoms with Crippen LogP contribution in [0.5, 0.6) is 0 Å². The number of nitriles is 1. The number of rotatable bonds is 12. The Hall–Kier alpha value is -2.70. The molecule has 188 valence electrons. The van der Waals surface area contributed by atoms with Gasteiger partial charge in [-0.15, -0.1) is 0 Å². The molecule has 1 atom stereocenters. The summed E-state index contributed by atoms with van der Waals surface area (Å²) in [5, 5.41) is 9.37. The van der Waals surface area contributed by atoms with E-state index in [1.54, 1.807) is 0 Å². The number of fused-ring (bicyclic) bond motifs is 2. The van der Waals surface area contributed by atoms with E-state index in [1.165, 1.54) is 12.1 Å². The highest BCUT2D eigenvalue weighted by atomic mass is 31.2. The molecule has 0 saturated heterocycles. The summed E-state index contributed by atoms with van der Waals surface area (Å²) < 4.78 is 16.1. The Labute approximate surface area is 203 Å². The molecule has 0 bridgehead atoms. The summed E-state index contributed by atoms with van der Waals surface area (Å²) in [5.74, 6) is 0. The molecule has 0 aliphatic heterocycles. The van der Waals surface area contributed by atoms with Crippen LogP contribution in [-0.4, -0.2) is 39.1 Å². The first-order valence-corrected chi connectivity index (χ1v) is 12.9. The molecule has 3 rings (SSSR count). The fraction of sp³-hybridized carbons (Fsp3) is 0.542. The second kappa shape index (κ2) is 11.4. The van der Waals surface area contributed by atoms with Gasteiger partial charge in [0.1, 0.15) is 0 Å². The van der Waals surface area contributed by atoms with E-state index in [2.05, 4.69) is 4.67 Å². The van der Waals surface area contributed by atoms with Crippen LogP contribution in [0.2, 0.25) is 0 Å². The lowest BCUT2D eigenvalue weighted by molar-refractivity contribution is 0.172. The lowest BCUT2D eigenvalue weighted by Gasteiger charge is -2.35. The van der Waals surface area contributed by atoms with E-state index in [4.69, 9.17) is 14.3 Å². The Morgan fingerprint density at radius 3 is 1.66 bits per heavy atom. The normalized spacial score (nSPS) is 13.0. The van der Waals surface area contributed by atoms with E-state index < -0.39 is 30.8 Å². The molecule has 1 aromatic carbocycles. The topological polar surface area (TPSA) is 124 Å². The van der Waals surface area contributed by atoms with E-state index in [-0.39, 0.29) is 66.4 Å². The molecule has 11 heteroatoms. The van der Waals surface area contributed by atoms with Gasteiger partial charge < -0.3 is 9.05 Å². The Morgan fingerprint density at radius 2 is 1.26 bits per heavy atom. The molecular formula is C24H31N4O6P. The highest BCUT2D eigenvalue weighted by Gasteiger charge is 2.27. The molecule has 0 spiro atoms. The van der Waals surface area contributed by atoms with Crippen molar-refractivity contribution in [2.75, 3.05) is 13.2 Å². The van der Waals surface area contributed by atoms with Crippen molar-refractivity contribution < 1.29 is 9.05 Å². The first kappa shape index (κ1) is 26.9. The first-order valence-electron chi connectivity index (χ1n) is 11.8. The van der Waals surface area contributed by atoms with Crippen molar-refractivity contribution in [2.45, 2.75) is 72.6 Å². The zero-order chi connectivity index (χ0) is 25.9. The highest BCUT2D eigenvalue weighted by Crippen LogP contribution is 2.45. The molecule has 0 aliphatic rings. The van der Waals surface area contributed by atoms with Crippen molar-refractivity contribution in [3.05, 3.63) is 53.5 Å². The predicted octanol–water partition coefficient (Wildman–Crippen LogP) is 2.61. The van der Waals surface area contributed by atoms with Crippen molar-refractivity contribution in [3.63, 3.8) is 0 Å². The molecule has 0 radical (unpaired) electrons.